The number of nitrogens with two attached hydrogens (primary N) is 1. The maximum absolute atomic E-state index is 12.4. The molecule has 0 aromatic heterocycles. The maximum Gasteiger partial charge on any atom is 0.122 e. The lowest BCUT2D eigenvalue weighted by Gasteiger charge is -2.15. The van der Waals surface area contributed by atoms with E-state index >= 15 is 0 Å². The zero-order chi connectivity index (χ0) is 12.8. The topological polar surface area (TPSA) is 44.5 Å². The van der Waals surface area contributed by atoms with Crippen LogP contribution in [0.3, 0.4) is 0 Å². The summed E-state index contributed by atoms with van der Waals surface area (Å²) in [5.74, 6) is 1.44. The van der Waals surface area contributed by atoms with Crippen LogP contribution in [0.5, 0.6) is 11.5 Å². The summed E-state index contributed by atoms with van der Waals surface area (Å²) in [7, 11) is 3.19. The predicted octanol–water partition coefficient (Wildman–Crippen LogP) is 2.11. The number of alkyl halides is 1. The van der Waals surface area contributed by atoms with Crippen molar-refractivity contribution in [2.24, 2.45) is 5.73 Å². The number of benzene rings is 1. The normalized spacial score (nSPS) is 12.3. The van der Waals surface area contributed by atoms with Crippen molar-refractivity contribution >= 4 is 0 Å². The zero-order valence-electron chi connectivity index (χ0n) is 10.6. The Hall–Kier alpha value is -1.29. The first-order chi connectivity index (χ1) is 8.12. The van der Waals surface area contributed by atoms with Crippen molar-refractivity contribution in [2.75, 3.05) is 20.9 Å². The number of rotatable bonds is 6. The van der Waals surface area contributed by atoms with E-state index in [-0.39, 0.29) is 6.04 Å². The summed E-state index contributed by atoms with van der Waals surface area (Å²) in [5, 5.41) is 0. The molecule has 0 aliphatic heterocycles. The highest BCUT2D eigenvalue weighted by Crippen LogP contribution is 2.30. The van der Waals surface area contributed by atoms with Crippen LogP contribution in [0.25, 0.3) is 0 Å². The van der Waals surface area contributed by atoms with Gasteiger partial charge in [-0.15, -0.1) is 0 Å². The third kappa shape index (κ3) is 3.60. The minimum Gasteiger partial charge on any atom is -0.496 e. The molecule has 0 heterocycles. The molecule has 1 unspecified atom stereocenters. The molecule has 4 heteroatoms. The van der Waals surface area contributed by atoms with Crippen LogP contribution in [0.1, 0.15) is 18.1 Å². The second-order valence-corrected chi connectivity index (χ2v) is 4.10. The number of ether oxygens (including phenoxy) is 2. The molecule has 0 amide bonds. The summed E-state index contributed by atoms with van der Waals surface area (Å²) >= 11 is 0. The zero-order valence-corrected chi connectivity index (χ0v) is 10.6. The van der Waals surface area contributed by atoms with E-state index in [0.29, 0.717) is 18.6 Å². The van der Waals surface area contributed by atoms with E-state index in [9.17, 15) is 4.39 Å². The molecule has 0 saturated heterocycles. The SMILES string of the molecule is COc1cc(CC(C)N)c(OC)cc1CCF. The van der Waals surface area contributed by atoms with Gasteiger partial charge in [-0.2, -0.15) is 0 Å². The molecule has 0 spiro atoms. The largest absolute Gasteiger partial charge is 0.496 e. The summed E-state index contributed by atoms with van der Waals surface area (Å²) in [5.41, 5.74) is 7.59. The Kier molecular flexibility index (Phi) is 5.22. The van der Waals surface area contributed by atoms with Crippen molar-refractivity contribution in [3.05, 3.63) is 23.3 Å². The Morgan fingerprint density at radius 3 is 2.18 bits per heavy atom. The average Bonchev–Trinajstić information content (AvgIpc) is 2.30. The smallest absolute Gasteiger partial charge is 0.122 e. The summed E-state index contributed by atoms with van der Waals surface area (Å²) < 4.78 is 23.0. The van der Waals surface area contributed by atoms with Crippen LogP contribution in [0.2, 0.25) is 0 Å². The van der Waals surface area contributed by atoms with Gasteiger partial charge in [-0.25, -0.2) is 0 Å². The molecule has 2 N–H and O–H groups in total. The first-order valence-electron chi connectivity index (χ1n) is 5.67. The van der Waals surface area contributed by atoms with E-state index in [0.717, 1.165) is 16.9 Å². The fourth-order valence-electron chi connectivity index (χ4n) is 1.83. The summed E-state index contributed by atoms with van der Waals surface area (Å²) in [6.07, 6.45) is 1.04. The lowest BCUT2D eigenvalue weighted by Crippen LogP contribution is -2.18. The molecule has 0 fully saturated rings. The van der Waals surface area contributed by atoms with Gasteiger partial charge in [-0.3, -0.25) is 4.39 Å². The highest BCUT2D eigenvalue weighted by atomic mass is 19.1. The second-order valence-electron chi connectivity index (χ2n) is 4.10. The summed E-state index contributed by atoms with van der Waals surface area (Å²) in [4.78, 5) is 0. The van der Waals surface area contributed by atoms with Gasteiger partial charge >= 0.3 is 0 Å². The highest BCUT2D eigenvalue weighted by Gasteiger charge is 2.12. The van der Waals surface area contributed by atoms with Gasteiger partial charge in [0.05, 0.1) is 20.9 Å². The number of methoxy groups -OCH3 is 2. The van der Waals surface area contributed by atoms with Gasteiger partial charge < -0.3 is 15.2 Å². The van der Waals surface area contributed by atoms with Gasteiger partial charge in [0.2, 0.25) is 0 Å². The molecule has 1 atom stereocenters. The fraction of sp³-hybridized carbons (Fsp3) is 0.538. The van der Waals surface area contributed by atoms with Crippen LogP contribution in [0.15, 0.2) is 12.1 Å². The summed E-state index contributed by atoms with van der Waals surface area (Å²) in [6, 6.07) is 3.75. The van der Waals surface area contributed by atoms with Crippen LogP contribution in [0, 0.1) is 0 Å². The summed E-state index contributed by atoms with van der Waals surface area (Å²) in [6.45, 7) is 1.52. The second kappa shape index (κ2) is 6.45. The number of hydrogen-bond acceptors (Lipinski definition) is 3. The van der Waals surface area contributed by atoms with Crippen LogP contribution in [0.4, 0.5) is 4.39 Å². The van der Waals surface area contributed by atoms with Gasteiger partial charge in [0.15, 0.2) is 0 Å². The minimum atomic E-state index is -0.411. The van der Waals surface area contributed by atoms with Gasteiger partial charge in [-0.05, 0) is 31.0 Å². The molecule has 96 valence electrons. The Balaban J connectivity index is 3.12. The predicted molar refractivity (Wildman–Crippen MR) is 66.6 cm³/mol. The molecule has 0 aliphatic carbocycles. The Labute approximate surface area is 102 Å². The van der Waals surface area contributed by atoms with E-state index in [2.05, 4.69) is 0 Å². The van der Waals surface area contributed by atoms with Gasteiger partial charge in [0, 0.05) is 18.0 Å². The monoisotopic (exact) mass is 241 g/mol. The van der Waals surface area contributed by atoms with Crippen molar-refractivity contribution in [3.8, 4) is 11.5 Å². The Bertz CT molecular complexity index is 367. The van der Waals surface area contributed by atoms with Crippen molar-refractivity contribution < 1.29 is 13.9 Å². The Morgan fingerprint density at radius 2 is 1.71 bits per heavy atom. The lowest BCUT2D eigenvalue weighted by molar-refractivity contribution is 0.390. The molecule has 1 aromatic carbocycles. The highest BCUT2D eigenvalue weighted by molar-refractivity contribution is 5.47. The van der Waals surface area contributed by atoms with E-state index in [1.807, 2.05) is 19.1 Å². The quantitative estimate of drug-likeness (QED) is 0.829. The first kappa shape index (κ1) is 13.8. The third-order valence-electron chi connectivity index (χ3n) is 2.59. The standard InChI is InChI=1S/C13H20FNO2/c1-9(15)6-11-8-12(16-2)10(4-5-14)7-13(11)17-3/h7-9H,4-6,15H2,1-3H3. The van der Waals surface area contributed by atoms with Crippen LogP contribution in [-0.2, 0) is 12.8 Å². The fourth-order valence-corrected chi connectivity index (χ4v) is 1.83. The van der Waals surface area contributed by atoms with Crippen LogP contribution in [-0.4, -0.2) is 26.9 Å². The van der Waals surface area contributed by atoms with Crippen molar-refractivity contribution in [2.45, 2.75) is 25.8 Å². The third-order valence-corrected chi connectivity index (χ3v) is 2.59. The lowest BCUT2D eigenvalue weighted by atomic mass is 10.0. The average molecular weight is 241 g/mol. The number of aryl methyl sites for hydroxylation is 1. The van der Waals surface area contributed by atoms with E-state index < -0.39 is 6.67 Å². The first-order valence-corrected chi connectivity index (χ1v) is 5.67. The number of halogens is 1. The minimum absolute atomic E-state index is 0.0423. The Morgan fingerprint density at radius 1 is 1.18 bits per heavy atom. The van der Waals surface area contributed by atoms with E-state index in [4.69, 9.17) is 15.2 Å². The van der Waals surface area contributed by atoms with Gasteiger partial charge in [0.25, 0.3) is 0 Å². The van der Waals surface area contributed by atoms with Gasteiger partial charge in [-0.1, -0.05) is 0 Å². The molecule has 0 aliphatic rings. The molecular weight excluding hydrogens is 221 g/mol. The molecular formula is C13H20FNO2. The van der Waals surface area contributed by atoms with Gasteiger partial charge in [0.1, 0.15) is 11.5 Å². The van der Waals surface area contributed by atoms with Crippen molar-refractivity contribution in [1.29, 1.82) is 0 Å². The van der Waals surface area contributed by atoms with E-state index in [1.165, 1.54) is 0 Å². The maximum atomic E-state index is 12.4. The van der Waals surface area contributed by atoms with E-state index in [1.54, 1.807) is 14.2 Å². The molecule has 0 radical (unpaired) electrons. The van der Waals surface area contributed by atoms with Crippen LogP contribution < -0.4 is 15.2 Å². The molecule has 17 heavy (non-hydrogen) atoms. The van der Waals surface area contributed by atoms with Crippen molar-refractivity contribution in [1.82, 2.24) is 0 Å². The molecule has 0 bridgehead atoms. The molecule has 1 aromatic rings. The molecule has 1 rings (SSSR count). The van der Waals surface area contributed by atoms with Crippen LogP contribution >= 0.6 is 0 Å². The molecule has 0 saturated carbocycles. The van der Waals surface area contributed by atoms with Crippen molar-refractivity contribution in [3.63, 3.8) is 0 Å². The molecule has 3 nitrogen and oxygen atoms in total. The number of hydrogen-bond donors (Lipinski definition) is 1.